The Kier molecular flexibility index (Phi) is 15.0. The Morgan fingerprint density at radius 2 is 1.02 bits per heavy atom. The van der Waals surface area contributed by atoms with Gasteiger partial charge in [0.2, 0.25) is 0 Å². The lowest BCUT2D eigenvalue weighted by Gasteiger charge is -2.22. The highest BCUT2D eigenvalue weighted by molar-refractivity contribution is 7.89. The average molecular weight is 841 g/mol. The number of alkyl halides is 6. The number of ether oxygens (including phenoxy) is 2. The zero-order valence-electron chi connectivity index (χ0n) is 30.2. The highest BCUT2D eigenvalue weighted by Crippen LogP contribution is 2.23. The molecule has 2 amide bonds. The predicted octanol–water partition coefficient (Wildman–Crippen LogP) is 2.86. The van der Waals surface area contributed by atoms with Crippen LogP contribution in [0.2, 0.25) is 0 Å². The van der Waals surface area contributed by atoms with Gasteiger partial charge in [0, 0.05) is 52.7 Å². The van der Waals surface area contributed by atoms with Gasteiger partial charge >= 0.3 is 24.2 Å². The summed E-state index contributed by atoms with van der Waals surface area (Å²) in [6.07, 6.45) is -7.34. The molecular weight excluding hydrogens is 803 g/mol. The minimum Gasteiger partial charge on any atom is -0.497 e. The van der Waals surface area contributed by atoms with Crippen molar-refractivity contribution < 1.29 is 62.2 Å². The molecule has 0 spiro atoms. The third-order valence-corrected chi connectivity index (χ3v) is 10.2. The zero-order valence-corrected chi connectivity index (χ0v) is 31.9. The molecule has 2 aromatic heterocycles. The molecule has 4 rings (SSSR count). The summed E-state index contributed by atoms with van der Waals surface area (Å²) >= 11 is 0. The van der Waals surface area contributed by atoms with E-state index in [-0.39, 0.29) is 44.3 Å². The summed E-state index contributed by atoms with van der Waals surface area (Å²) in [5.74, 6) is -2.72. The summed E-state index contributed by atoms with van der Waals surface area (Å²) in [5.41, 5.74) is 1.43. The van der Waals surface area contributed by atoms with E-state index in [1.165, 1.54) is 41.7 Å². The molecule has 308 valence electrons. The highest BCUT2D eigenvalue weighted by Gasteiger charge is 2.42. The number of sulfonamides is 2. The second-order valence-electron chi connectivity index (χ2n) is 11.8. The smallest absolute Gasteiger partial charge is 0.471 e. The summed E-state index contributed by atoms with van der Waals surface area (Å²) in [4.78, 5) is 23.1. The number of aromatic nitrogens is 4. The fourth-order valence-electron chi connectivity index (χ4n) is 4.59. The van der Waals surface area contributed by atoms with Crippen molar-refractivity contribution in [2.24, 2.45) is 5.14 Å². The maximum atomic E-state index is 13.6. The van der Waals surface area contributed by atoms with Gasteiger partial charge in [-0.25, -0.2) is 22.0 Å². The molecular formula is C32H38F6N8O8S2. The van der Waals surface area contributed by atoms with Crippen molar-refractivity contribution >= 4 is 31.9 Å². The van der Waals surface area contributed by atoms with Crippen molar-refractivity contribution in [2.75, 3.05) is 41.4 Å². The van der Waals surface area contributed by atoms with Gasteiger partial charge in [-0.15, -0.1) is 0 Å². The number of nitrogens with zero attached hydrogens (tertiary/aromatic N) is 7. The molecule has 2 aromatic carbocycles. The van der Waals surface area contributed by atoms with Gasteiger partial charge in [0.1, 0.15) is 11.5 Å². The van der Waals surface area contributed by atoms with Crippen LogP contribution in [0.15, 0.2) is 83.1 Å². The number of halogens is 6. The maximum absolute atomic E-state index is 13.6. The van der Waals surface area contributed by atoms with Crippen LogP contribution in [0.5, 0.6) is 11.5 Å². The number of carbonyl (C=O) groups is 2. The Balaban J connectivity index is 0.000000372. The minimum absolute atomic E-state index is 0.0358. The molecule has 2 heterocycles. The van der Waals surface area contributed by atoms with Crippen LogP contribution >= 0.6 is 0 Å². The monoisotopic (exact) mass is 840 g/mol. The van der Waals surface area contributed by atoms with Gasteiger partial charge in [0.15, 0.2) is 10.1 Å². The Hall–Kier alpha value is -5.20. The number of methoxy groups -OCH3 is 2. The summed E-state index contributed by atoms with van der Waals surface area (Å²) in [5, 5.41) is 11.8. The number of carbonyl (C=O) groups excluding carboxylic acids is 2. The van der Waals surface area contributed by atoms with Crippen molar-refractivity contribution in [3.05, 3.63) is 84.2 Å². The lowest BCUT2D eigenvalue weighted by atomic mass is 10.2. The van der Waals surface area contributed by atoms with Crippen LogP contribution in [-0.2, 0) is 55.8 Å². The maximum Gasteiger partial charge on any atom is 0.471 e. The fourth-order valence-corrected chi connectivity index (χ4v) is 6.41. The van der Waals surface area contributed by atoms with E-state index in [0.717, 1.165) is 24.8 Å². The minimum atomic E-state index is -4.99. The quantitative estimate of drug-likeness (QED) is 0.174. The fraction of sp³-hybridized carbons (Fsp3) is 0.375. The molecule has 56 heavy (non-hydrogen) atoms. The standard InChI is InChI=1S/C24H27F3N4O5S.C8H11F3N4O3S/c1-29(23(32)24(25,26)27)14-15-30-13-12-22(28-30)37(33,34)31(16-18-4-8-20(35-2)9-5-18)17-19-6-10-21(36-3)11-7-19;1-14(7(16)8(9,10)11)4-5-15-3-2-6(13-15)19(12,17)18/h4-13H,14-17H2,1-3H3;2-3H,4-5H2,1H3,(H2,12,17,18). The highest BCUT2D eigenvalue weighted by atomic mass is 32.2. The molecule has 0 aliphatic heterocycles. The number of rotatable bonds is 15. The van der Waals surface area contributed by atoms with Crippen molar-refractivity contribution in [3.8, 4) is 11.5 Å². The number of nitrogens with two attached hydrogens (primary N) is 1. The zero-order chi connectivity index (χ0) is 42.1. The third kappa shape index (κ3) is 12.9. The van der Waals surface area contributed by atoms with Crippen LogP contribution in [0.4, 0.5) is 26.3 Å². The lowest BCUT2D eigenvalue weighted by Crippen LogP contribution is -2.40. The van der Waals surface area contributed by atoms with Gasteiger partial charge < -0.3 is 19.3 Å². The molecule has 0 saturated heterocycles. The summed E-state index contributed by atoms with van der Waals surface area (Å²) in [6, 6.07) is 16.3. The van der Waals surface area contributed by atoms with Crippen LogP contribution in [0.1, 0.15) is 11.1 Å². The van der Waals surface area contributed by atoms with E-state index in [2.05, 4.69) is 10.2 Å². The van der Waals surface area contributed by atoms with Crippen LogP contribution < -0.4 is 14.6 Å². The Labute approximate surface area is 318 Å². The van der Waals surface area contributed by atoms with E-state index < -0.39 is 49.2 Å². The molecule has 0 atom stereocenters. The molecule has 0 bridgehead atoms. The number of hydrogen-bond acceptors (Lipinski definition) is 10. The normalized spacial score (nSPS) is 12.1. The van der Waals surface area contributed by atoms with Crippen molar-refractivity contribution in [1.82, 2.24) is 33.7 Å². The van der Waals surface area contributed by atoms with Gasteiger partial charge in [0.25, 0.3) is 20.0 Å². The molecule has 0 fully saturated rings. The number of amides is 2. The van der Waals surface area contributed by atoms with Crippen molar-refractivity contribution in [2.45, 2.75) is 48.6 Å². The van der Waals surface area contributed by atoms with Crippen LogP contribution in [0, 0.1) is 0 Å². The van der Waals surface area contributed by atoms with Gasteiger partial charge in [-0.05, 0) is 47.5 Å². The lowest BCUT2D eigenvalue weighted by molar-refractivity contribution is -0.184. The van der Waals surface area contributed by atoms with Crippen LogP contribution in [-0.4, -0.2) is 116 Å². The summed E-state index contributed by atoms with van der Waals surface area (Å²) in [7, 11) is -3.00. The first-order valence-corrected chi connectivity index (χ1v) is 18.9. The van der Waals surface area contributed by atoms with Crippen molar-refractivity contribution in [1.29, 1.82) is 0 Å². The number of likely N-dealkylation sites (N-methyl/N-ethyl adjacent to an activating group) is 2. The number of primary sulfonamides is 1. The average Bonchev–Trinajstić information content (AvgIpc) is 3.83. The van der Waals surface area contributed by atoms with E-state index in [9.17, 15) is 52.8 Å². The van der Waals surface area contributed by atoms with Crippen LogP contribution in [0.25, 0.3) is 0 Å². The summed E-state index contributed by atoms with van der Waals surface area (Å²) in [6.45, 7) is -0.717. The number of benzene rings is 2. The molecule has 0 aliphatic carbocycles. The Morgan fingerprint density at radius 3 is 1.34 bits per heavy atom. The first-order valence-electron chi connectivity index (χ1n) is 16.0. The molecule has 0 unspecified atom stereocenters. The Morgan fingerprint density at radius 1 is 0.661 bits per heavy atom. The van der Waals surface area contributed by atoms with E-state index in [0.29, 0.717) is 32.4 Å². The van der Waals surface area contributed by atoms with E-state index in [1.807, 2.05) is 0 Å². The van der Waals surface area contributed by atoms with E-state index in [1.54, 1.807) is 48.5 Å². The van der Waals surface area contributed by atoms with Gasteiger partial charge in [-0.1, -0.05) is 24.3 Å². The summed E-state index contributed by atoms with van der Waals surface area (Å²) < 4.78 is 137. The van der Waals surface area contributed by atoms with Crippen molar-refractivity contribution in [3.63, 3.8) is 0 Å². The molecule has 16 nitrogen and oxygen atoms in total. The molecule has 4 aromatic rings. The first kappa shape index (κ1) is 45.2. The van der Waals surface area contributed by atoms with Gasteiger partial charge in [-0.3, -0.25) is 19.0 Å². The largest absolute Gasteiger partial charge is 0.497 e. The molecule has 2 N–H and O–H groups in total. The second-order valence-corrected chi connectivity index (χ2v) is 15.2. The predicted molar refractivity (Wildman–Crippen MR) is 186 cm³/mol. The van der Waals surface area contributed by atoms with Gasteiger partial charge in [0.05, 0.1) is 27.3 Å². The molecule has 0 radical (unpaired) electrons. The third-order valence-electron chi connectivity index (χ3n) is 7.67. The number of hydrogen-bond donors (Lipinski definition) is 1. The molecule has 0 aliphatic rings. The van der Waals surface area contributed by atoms with E-state index in [4.69, 9.17) is 14.6 Å². The second kappa shape index (κ2) is 18.6. The molecule has 24 heteroatoms. The van der Waals surface area contributed by atoms with Crippen LogP contribution in [0.3, 0.4) is 0 Å². The topological polar surface area (TPSA) is 192 Å². The van der Waals surface area contributed by atoms with E-state index >= 15 is 0 Å². The first-order chi connectivity index (χ1) is 25.9. The molecule has 0 saturated carbocycles. The Bertz CT molecular complexity index is 2090. The SMILES string of the molecule is CN(CCn1ccc(S(N)(=O)=O)n1)C(=O)C(F)(F)F.COc1ccc(CN(Cc2ccc(OC)cc2)S(=O)(=O)c2ccn(CCN(C)C(=O)C(F)(F)F)n2)cc1. The van der Waals surface area contributed by atoms with Gasteiger partial charge in [-0.2, -0.15) is 40.8 Å².